The number of nitrogens with zero attached hydrogens (tertiary/aromatic N) is 3. The molecule has 0 aliphatic rings. The molecule has 0 bridgehead atoms. The van der Waals surface area contributed by atoms with Crippen LogP contribution in [0.3, 0.4) is 0 Å². The summed E-state index contributed by atoms with van der Waals surface area (Å²) in [7, 11) is 1.97. The largest absolute Gasteiger partial charge is 0.486 e. The van der Waals surface area contributed by atoms with E-state index in [0.717, 1.165) is 17.3 Å². The summed E-state index contributed by atoms with van der Waals surface area (Å²) in [5.41, 5.74) is 0.929. The first kappa shape index (κ1) is 9.71. The van der Waals surface area contributed by atoms with Gasteiger partial charge < -0.3 is 9.30 Å². The van der Waals surface area contributed by atoms with Crippen molar-refractivity contribution in [3.05, 3.63) is 42.2 Å². The van der Waals surface area contributed by atoms with Crippen molar-refractivity contribution in [2.75, 3.05) is 0 Å². The SMILES string of the molecule is Cc1nc(COc2cccnc2)cn1C. The fraction of sp³-hybridized carbons (Fsp3) is 0.273. The molecular weight excluding hydrogens is 190 g/mol. The molecule has 78 valence electrons. The van der Waals surface area contributed by atoms with Gasteiger partial charge in [-0.05, 0) is 19.1 Å². The summed E-state index contributed by atoms with van der Waals surface area (Å²) >= 11 is 0. The van der Waals surface area contributed by atoms with Gasteiger partial charge in [0.2, 0.25) is 0 Å². The molecule has 0 unspecified atom stereocenters. The van der Waals surface area contributed by atoms with Gasteiger partial charge in [0.15, 0.2) is 0 Å². The van der Waals surface area contributed by atoms with Crippen LogP contribution in [-0.4, -0.2) is 14.5 Å². The van der Waals surface area contributed by atoms with Crippen LogP contribution in [0.2, 0.25) is 0 Å². The predicted molar refractivity (Wildman–Crippen MR) is 56.5 cm³/mol. The molecule has 0 saturated heterocycles. The first-order valence-electron chi connectivity index (χ1n) is 4.77. The van der Waals surface area contributed by atoms with E-state index in [2.05, 4.69) is 9.97 Å². The highest BCUT2D eigenvalue weighted by molar-refractivity contribution is 5.16. The summed E-state index contributed by atoms with van der Waals surface area (Å²) in [6.45, 7) is 2.45. The standard InChI is InChI=1S/C11H13N3O/c1-9-13-10(7-14(9)2)8-15-11-4-3-5-12-6-11/h3-7H,8H2,1-2H3. The number of hydrogen-bond acceptors (Lipinski definition) is 3. The molecule has 0 aromatic carbocycles. The van der Waals surface area contributed by atoms with Crippen molar-refractivity contribution in [1.82, 2.24) is 14.5 Å². The number of ether oxygens (including phenoxy) is 1. The lowest BCUT2D eigenvalue weighted by molar-refractivity contribution is 0.300. The van der Waals surface area contributed by atoms with Crippen LogP contribution in [0.5, 0.6) is 5.75 Å². The molecule has 4 heteroatoms. The molecule has 4 nitrogen and oxygen atoms in total. The molecule has 15 heavy (non-hydrogen) atoms. The highest BCUT2D eigenvalue weighted by atomic mass is 16.5. The average Bonchev–Trinajstić information content (AvgIpc) is 2.57. The Bertz CT molecular complexity index is 417. The third-order valence-corrected chi connectivity index (χ3v) is 2.18. The monoisotopic (exact) mass is 203 g/mol. The minimum Gasteiger partial charge on any atom is -0.486 e. The van der Waals surface area contributed by atoms with Crippen molar-refractivity contribution in [1.29, 1.82) is 0 Å². The molecule has 0 aliphatic heterocycles. The molecule has 0 saturated carbocycles. The number of imidazole rings is 1. The maximum atomic E-state index is 5.52. The number of pyridine rings is 1. The van der Waals surface area contributed by atoms with Gasteiger partial charge in [0.1, 0.15) is 18.2 Å². The Labute approximate surface area is 88.6 Å². The Balaban J connectivity index is 1.99. The normalized spacial score (nSPS) is 10.3. The van der Waals surface area contributed by atoms with Gasteiger partial charge in [-0.2, -0.15) is 0 Å². The summed E-state index contributed by atoms with van der Waals surface area (Å²) in [5, 5.41) is 0. The van der Waals surface area contributed by atoms with Gasteiger partial charge in [-0.3, -0.25) is 4.98 Å². The van der Waals surface area contributed by atoms with E-state index in [1.165, 1.54) is 0 Å². The number of aromatic nitrogens is 3. The molecule has 2 heterocycles. The van der Waals surface area contributed by atoms with E-state index >= 15 is 0 Å². The Hall–Kier alpha value is -1.84. The molecule has 0 amide bonds. The van der Waals surface area contributed by atoms with Gasteiger partial charge in [0, 0.05) is 19.4 Å². The minimum atomic E-state index is 0.480. The molecule has 2 rings (SSSR count). The third-order valence-electron chi connectivity index (χ3n) is 2.18. The van der Waals surface area contributed by atoms with Crippen LogP contribution in [-0.2, 0) is 13.7 Å². The maximum Gasteiger partial charge on any atom is 0.138 e. The summed E-state index contributed by atoms with van der Waals surface area (Å²) in [6.07, 6.45) is 5.37. The molecule has 2 aromatic heterocycles. The van der Waals surface area contributed by atoms with Gasteiger partial charge in [-0.15, -0.1) is 0 Å². The Morgan fingerprint density at radius 1 is 1.47 bits per heavy atom. The minimum absolute atomic E-state index is 0.480. The second-order valence-corrected chi connectivity index (χ2v) is 3.37. The zero-order chi connectivity index (χ0) is 10.7. The van der Waals surface area contributed by atoms with Gasteiger partial charge in [-0.25, -0.2) is 4.98 Å². The summed E-state index contributed by atoms with van der Waals surface area (Å²) < 4.78 is 7.50. The fourth-order valence-corrected chi connectivity index (χ4v) is 1.29. The van der Waals surface area contributed by atoms with Crippen molar-refractivity contribution in [2.24, 2.45) is 7.05 Å². The summed E-state index contributed by atoms with van der Waals surface area (Å²) in [5.74, 6) is 1.75. The quantitative estimate of drug-likeness (QED) is 0.762. The predicted octanol–water partition coefficient (Wildman–Crippen LogP) is 1.70. The molecular formula is C11H13N3O. The molecule has 0 N–H and O–H groups in total. The maximum absolute atomic E-state index is 5.52. The number of aryl methyl sites for hydroxylation is 2. The lowest BCUT2D eigenvalue weighted by atomic mass is 10.4. The van der Waals surface area contributed by atoms with E-state index in [1.807, 2.05) is 36.9 Å². The number of rotatable bonds is 3. The van der Waals surface area contributed by atoms with E-state index in [4.69, 9.17) is 4.74 Å². The van der Waals surface area contributed by atoms with Crippen LogP contribution in [0.25, 0.3) is 0 Å². The summed E-state index contributed by atoms with van der Waals surface area (Å²) in [6, 6.07) is 3.72. The van der Waals surface area contributed by atoms with Crippen molar-refractivity contribution >= 4 is 0 Å². The van der Waals surface area contributed by atoms with Gasteiger partial charge >= 0.3 is 0 Å². The smallest absolute Gasteiger partial charge is 0.138 e. The molecule has 0 fully saturated rings. The highest BCUT2D eigenvalue weighted by Crippen LogP contribution is 2.09. The van der Waals surface area contributed by atoms with Gasteiger partial charge in [0.25, 0.3) is 0 Å². The molecule has 0 aliphatic carbocycles. The second-order valence-electron chi connectivity index (χ2n) is 3.37. The Morgan fingerprint density at radius 2 is 2.33 bits per heavy atom. The average molecular weight is 203 g/mol. The van der Waals surface area contributed by atoms with E-state index in [1.54, 1.807) is 12.4 Å². The van der Waals surface area contributed by atoms with Crippen LogP contribution in [0, 0.1) is 6.92 Å². The lowest BCUT2D eigenvalue weighted by Gasteiger charge is -2.01. The zero-order valence-electron chi connectivity index (χ0n) is 8.84. The van der Waals surface area contributed by atoms with Crippen LogP contribution >= 0.6 is 0 Å². The first-order chi connectivity index (χ1) is 7.25. The van der Waals surface area contributed by atoms with Crippen LogP contribution in [0.4, 0.5) is 0 Å². The van der Waals surface area contributed by atoms with Crippen LogP contribution in [0.1, 0.15) is 11.5 Å². The zero-order valence-corrected chi connectivity index (χ0v) is 8.84. The van der Waals surface area contributed by atoms with Crippen molar-refractivity contribution in [3.63, 3.8) is 0 Å². The molecule has 0 spiro atoms. The lowest BCUT2D eigenvalue weighted by Crippen LogP contribution is -1.95. The molecule has 0 atom stereocenters. The summed E-state index contributed by atoms with van der Waals surface area (Å²) in [4.78, 5) is 8.31. The van der Waals surface area contributed by atoms with Crippen LogP contribution < -0.4 is 4.74 Å². The van der Waals surface area contributed by atoms with E-state index < -0.39 is 0 Å². The van der Waals surface area contributed by atoms with Crippen LogP contribution in [0.15, 0.2) is 30.7 Å². The Kier molecular flexibility index (Phi) is 2.67. The van der Waals surface area contributed by atoms with E-state index in [9.17, 15) is 0 Å². The van der Waals surface area contributed by atoms with Crippen molar-refractivity contribution in [2.45, 2.75) is 13.5 Å². The van der Waals surface area contributed by atoms with E-state index in [0.29, 0.717) is 6.61 Å². The highest BCUT2D eigenvalue weighted by Gasteiger charge is 2.01. The van der Waals surface area contributed by atoms with Crippen molar-refractivity contribution < 1.29 is 4.74 Å². The van der Waals surface area contributed by atoms with Gasteiger partial charge in [0.05, 0.1) is 11.9 Å². The molecule has 2 aromatic rings. The second kappa shape index (κ2) is 4.13. The fourth-order valence-electron chi connectivity index (χ4n) is 1.29. The van der Waals surface area contributed by atoms with E-state index in [-0.39, 0.29) is 0 Å². The first-order valence-corrected chi connectivity index (χ1v) is 4.77. The number of hydrogen-bond donors (Lipinski definition) is 0. The molecule has 0 radical (unpaired) electrons. The Morgan fingerprint density at radius 3 is 2.93 bits per heavy atom. The van der Waals surface area contributed by atoms with Crippen molar-refractivity contribution in [3.8, 4) is 5.75 Å². The third kappa shape index (κ3) is 2.34. The topological polar surface area (TPSA) is 39.9 Å². The van der Waals surface area contributed by atoms with Gasteiger partial charge in [-0.1, -0.05) is 0 Å².